The predicted molar refractivity (Wildman–Crippen MR) is 85.8 cm³/mol. The number of imidazole rings is 1. The second-order valence-electron chi connectivity index (χ2n) is 5.25. The molecule has 0 saturated carbocycles. The van der Waals surface area contributed by atoms with E-state index in [9.17, 15) is 14.0 Å². The number of halogens is 1. The molecule has 0 spiro atoms. The fourth-order valence-corrected chi connectivity index (χ4v) is 2.31. The van der Waals surface area contributed by atoms with E-state index in [2.05, 4.69) is 9.72 Å². The van der Waals surface area contributed by atoms with Gasteiger partial charge in [0.05, 0.1) is 25.4 Å². The van der Waals surface area contributed by atoms with Crippen LogP contribution in [0.3, 0.4) is 0 Å². The van der Waals surface area contributed by atoms with Crippen molar-refractivity contribution in [3.63, 3.8) is 0 Å². The van der Waals surface area contributed by atoms with Gasteiger partial charge in [0.25, 0.3) is 5.91 Å². The summed E-state index contributed by atoms with van der Waals surface area (Å²) in [7, 11) is 1.30. The van der Waals surface area contributed by atoms with Gasteiger partial charge >= 0.3 is 5.97 Å². The third-order valence-electron chi connectivity index (χ3n) is 3.61. The fourth-order valence-electron chi connectivity index (χ4n) is 2.31. The van der Waals surface area contributed by atoms with Crippen LogP contribution >= 0.6 is 0 Å². The molecule has 24 heavy (non-hydrogen) atoms. The Morgan fingerprint density at radius 1 is 1.29 bits per heavy atom. The molecule has 0 aliphatic rings. The Kier molecular flexibility index (Phi) is 6.48. The molecule has 128 valence electrons. The molecule has 0 saturated heterocycles. The third-order valence-corrected chi connectivity index (χ3v) is 3.61. The van der Waals surface area contributed by atoms with Gasteiger partial charge in [0.15, 0.2) is 0 Å². The number of aryl methyl sites for hydroxylation is 1. The van der Waals surface area contributed by atoms with Crippen LogP contribution in [0.2, 0.25) is 0 Å². The van der Waals surface area contributed by atoms with E-state index in [4.69, 9.17) is 0 Å². The molecule has 1 amide bonds. The maximum absolute atomic E-state index is 13.9. The van der Waals surface area contributed by atoms with E-state index in [0.717, 1.165) is 0 Å². The molecule has 0 radical (unpaired) electrons. The molecule has 7 heteroatoms. The van der Waals surface area contributed by atoms with E-state index in [-0.39, 0.29) is 18.5 Å². The number of methoxy groups -OCH3 is 1. The van der Waals surface area contributed by atoms with Crippen molar-refractivity contribution >= 4 is 11.9 Å². The average molecular weight is 333 g/mol. The molecule has 0 bridgehead atoms. The summed E-state index contributed by atoms with van der Waals surface area (Å²) in [5.41, 5.74) is 0.00463. The number of hydrogen-bond acceptors (Lipinski definition) is 4. The van der Waals surface area contributed by atoms with Gasteiger partial charge in [-0.1, -0.05) is 12.1 Å². The largest absolute Gasteiger partial charge is 0.469 e. The van der Waals surface area contributed by atoms with Gasteiger partial charge < -0.3 is 14.2 Å². The first kappa shape index (κ1) is 17.7. The summed E-state index contributed by atoms with van der Waals surface area (Å²) in [4.78, 5) is 29.4. The lowest BCUT2D eigenvalue weighted by atomic mass is 10.1. The summed E-state index contributed by atoms with van der Waals surface area (Å²) in [6.45, 7) is 1.27. The highest BCUT2D eigenvalue weighted by Crippen LogP contribution is 2.11. The van der Waals surface area contributed by atoms with Crippen LogP contribution in [0, 0.1) is 5.82 Å². The maximum atomic E-state index is 13.9. The van der Waals surface area contributed by atoms with Crippen molar-refractivity contribution < 1.29 is 18.7 Å². The van der Waals surface area contributed by atoms with Crippen LogP contribution in [-0.4, -0.2) is 46.5 Å². The van der Waals surface area contributed by atoms with Gasteiger partial charge in [-0.2, -0.15) is 0 Å². The van der Waals surface area contributed by atoms with Crippen LogP contribution in [0.25, 0.3) is 0 Å². The number of benzene rings is 1. The minimum absolute atomic E-state index is 0.00463. The first-order valence-corrected chi connectivity index (χ1v) is 7.68. The Hall–Kier alpha value is -2.70. The SMILES string of the molecule is COC(=O)CCN(CCCn1ccnc1)C(=O)c1ccccc1F. The minimum atomic E-state index is -0.569. The number of amides is 1. The van der Waals surface area contributed by atoms with Gasteiger partial charge in [-0.25, -0.2) is 9.37 Å². The number of carbonyl (C=O) groups excluding carboxylic acids is 2. The second-order valence-corrected chi connectivity index (χ2v) is 5.25. The number of hydrogen-bond donors (Lipinski definition) is 0. The highest BCUT2D eigenvalue weighted by molar-refractivity contribution is 5.94. The molecule has 0 unspecified atom stereocenters. The van der Waals surface area contributed by atoms with Gasteiger partial charge in [0, 0.05) is 32.0 Å². The van der Waals surface area contributed by atoms with Crippen molar-refractivity contribution in [2.24, 2.45) is 0 Å². The Labute approximate surface area is 139 Å². The van der Waals surface area contributed by atoms with E-state index in [1.807, 2.05) is 10.8 Å². The van der Waals surface area contributed by atoms with E-state index >= 15 is 0 Å². The van der Waals surface area contributed by atoms with E-state index < -0.39 is 17.7 Å². The zero-order valence-electron chi connectivity index (χ0n) is 13.5. The van der Waals surface area contributed by atoms with Crippen molar-refractivity contribution in [1.82, 2.24) is 14.5 Å². The second kappa shape index (κ2) is 8.81. The predicted octanol–water partition coefficient (Wildman–Crippen LogP) is 2.12. The number of nitrogens with zero attached hydrogens (tertiary/aromatic N) is 3. The zero-order chi connectivity index (χ0) is 17.4. The first-order chi connectivity index (χ1) is 11.6. The van der Waals surface area contributed by atoms with Crippen LogP contribution in [0.15, 0.2) is 43.0 Å². The van der Waals surface area contributed by atoms with Crippen LogP contribution in [-0.2, 0) is 16.1 Å². The maximum Gasteiger partial charge on any atom is 0.307 e. The highest BCUT2D eigenvalue weighted by atomic mass is 19.1. The number of rotatable bonds is 8. The molecule has 0 atom stereocenters. The van der Waals surface area contributed by atoms with Crippen LogP contribution in [0.1, 0.15) is 23.2 Å². The summed E-state index contributed by atoms with van der Waals surface area (Å²) in [5, 5.41) is 0. The van der Waals surface area contributed by atoms with Crippen molar-refractivity contribution in [3.8, 4) is 0 Å². The minimum Gasteiger partial charge on any atom is -0.469 e. The number of aromatic nitrogens is 2. The molecule has 2 aromatic rings. The summed E-state index contributed by atoms with van der Waals surface area (Å²) < 4.78 is 20.4. The number of esters is 1. The van der Waals surface area contributed by atoms with Gasteiger partial charge in [0.2, 0.25) is 0 Å². The summed E-state index contributed by atoms with van der Waals surface area (Å²) in [5.74, 6) is -1.40. The lowest BCUT2D eigenvalue weighted by Gasteiger charge is -2.22. The first-order valence-electron chi connectivity index (χ1n) is 7.68. The molecular weight excluding hydrogens is 313 g/mol. The molecule has 6 nitrogen and oxygen atoms in total. The monoisotopic (exact) mass is 333 g/mol. The summed E-state index contributed by atoms with van der Waals surface area (Å²) in [6, 6.07) is 5.83. The van der Waals surface area contributed by atoms with E-state index in [1.54, 1.807) is 18.6 Å². The van der Waals surface area contributed by atoms with Gasteiger partial charge in [0.1, 0.15) is 5.82 Å². The Morgan fingerprint density at radius 2 is 2.08 bits per heavy atom. The standard InChI is InChI=1S/C17H20FN3O3/c1-24-16(22)7-11-21(10-4-9-20-12-8-19-13-20)17(23)14-5-2-3-6-15(14)18/h2-3,5-6,8,12-13H,4,7,9-11H2,1H3. The zero-order valence-corrected chi connectivity index (χ0v) is 13.5. The summed E-state index contributed by atoms with van der Waals surface area (Å²) in [6.07, 6.45) is 5.94. The van der Waals surface area contributed by atoms with Gasteiger partial charge in [-0.15, -0.1) is 0 Å². The molecule has 1 heterocycles. The van der Waals surface area contributed by atoms with Crippen LogP contribution in [0.4, 0.5) is 4.39 Å². The number of carbonyl (C=O) groups is 2. The third kappa shape index (κ3) is 4.91. The van der Waals surface area contributed by atoms with Crippen LogP contribution < -0.4 is 0 Å². The Balaban J connectivity index is 2.02. The lowest BCUT2D eigenvalue weighted by Crippen LogP contribution is -2.35. The Morgan fingerprint density at radius 3 is 2.75 bits per heavy atom. The van der Waals surface area contributed by atoms with Crippen molar-refractivity contribution in [2.75, 3.05) is 20.2 Å². The quantitative estimate of drug-likeness (QED) is 0.694. The van der Waals surface area contributed by atoms with Gasteiger partial charge in [-0.3, -0.25) is 9.59 Å². The topological polar surface area (TPSA) is 64.4 Å². The Bertz CT molecular complexity index is 673. The number of ether oxygens (including phenoxy) is 1. The van der Waals surface area contributed by atoms with Crippen molar-refractivity contribution in [1.29, 1.82) is 0 Å². The van der Waals surface area contributed by atoms with Gasteiger partial charge in [-0.05, 0) is 18.6 Å². The summed E-state index contributed by atoms with van der Waals surface area (Å²) >= 11 is 0. The molecule has 0 aliphatic heterocycles. The normalized spacial score (nSPS) is 10.4. The molecule has 1 aromatic carbocycles. The van der Waals surface area contributed by atoms with E-state index in [0.29, 0.717) is 19.5 Å². The molecular formula is C17H20FN3O3. The highest BCUT2D eigenvalue weighted by Gasteiger charge is 2.19. The fraction of sp³-hybridized carbons (Fsp3) is 0.353. The van der Waals surface area contributed by atoms with Crippen LogP contribution in [0.5, 0.6) is 0 Å². The lowest BCUT2D eigenvalue weighted by molar-refractivity contribution is -0.140. The van der Waals surface area contributed by atoms with E-state index in [1.165, 1.54) is 30.2 Å². The van der Waals surface area contributed by atoms with Crippen molar-refractivity contribution in [3.05, 3.63) is 54.4 Å². The smallest absolute Gasteiger partial charge is 0.307 e. The average Bonchev–Trinajstić information content (AvgIpc) is 3.10. The molecule has 0 fully saturated rings. The molecule has 0 N–H and O–H groups in total. The molecule has 0 aliphatic carbocycles. The molecule has 2 rings (SSSR count). The molecule has 1 aromatic heterocycles. The van der Waals surface area contributed by atoms with Crippen molar-refractivity contribution in [2.45, 2.75) is 19.4 Å².